The SMILES string of the molecule is CCc1nnc(CN(CC)Cc2cccc(SC)c2)o1. The molecule has 0 saturated heterocycles. The standard InChI is InChI=1S/C15H21N3OS/c1-4-14-16-17-15(19-14)11-18(5-2)10-12-7-6-8-13(9-12)20-3/h6-9H,4-5,10-11H2,1-3H3. The molecule has 1 aromatic carbocycles. The highest BCUT2D eigenvalue weighted by Crippen LogP contribution is 2.17. The number of thioether (sulfide) groups is 1. The van der Waals surface area contributed by atoms with E-state index in [9.17, 15) is 0 Å². The van der Waals surface area contributed by atoms with Gasteiger partial charge in [-0.1, -0.05) is 26.0 Å². The molecule has 2 rings (SSSR count). The van der Waals surface area contributed by atoms with E-state index in [-0.39, 0.29) is 0 Å². The van der Waals surface area contributed by atoms with Crippen LogP contribution in [-0.2, 0) is 19.5 Å². The van der Waals surface area contributed by atoms with Crippen LogP contribution in [0.5, 0.6) is 0 Å². The van der Waals surface area contributed by atoms with Crippen molar-refractivity contribution in [2.24, 2.45) is 0 Å². The Bertz CT molecular complexity index is 541. The van der Waals surface area contributed by atoms with Gasteiger partial charge in [-0.15, -0.1) is 22.0 Å². The number of rotatable bonds is 7. The molecule has 0 N–H and O–H groups in total. The van der Waals surface area contributed by atoms with Crippen LogP contribution in [0.3, 0.4) is 0 Å². The van der Waals surface area contributed by atoms with Gasteiger partial charge in [-0.05, 0) is 30.5 Å². The summed E-state index contributed by atoms with van der Waals surface area (Å²) in [6, 6.07) is 8.64. The fourth-order valence-electron chi connectivity index (χ4n) is 1.99. The number of benzene rings is 1. The molecule has 0 fully saturated rings. The van der Waals surface area contributed by atoms with Crippen LogP contribution < -0.4 is 0 Å². The molecule has 108 valence electrons. The minimum Gasteiger partial charge on any atom is -0.424 e. The molecule has 1 aromatic heterocycles. The Morgan fingerprint density at radius 2 is 1.95 bits per heavy atom. The maximum absolute atomic E-state index is 5.58. The fourth-order valence-corrected chi connectivity index (χ4v) is 2.48. The van der Waals surface area contributed by atoms with Gasteiger partial charge in [0.05, 0.1) is 6.54 Å². The van der Waals surface area contributed by atoms with Gasteiger partial charge in [-0.25, -0.2) is 0 Å². The molecule has 0 aliphatic rings. The molecule has 0 saturated carbocycles. The summed E-state index contributed by atoms with van der Waals surface area (Å²) in [4.78, 5) is 3.59. The molecule has 0 radical (unpaired) electrons. The van der Waals surface area contributed by atoms with Gasteiger partial charge in [0.25, 0.3) is 0 Å². The van der Waals surface area contributed by atoms with Crippen molar-refractivity contribution >= 4 is 11.8 Å². The van der Waals surface area contributed by atoms with Crippen LogP contribution in [0.25, 0.3) is 0 Å². The lowest BCUT2D eigenvalue weighted by Crippen LogP contribution is -2.22. The van der Waals surface area contributed by atoms with Crippen molar-refractivity contribution in [2.75, 3.05) is 12.8 Å². The zero-order valence-corrected chi connectivity index (χ0v) is 13.1. The van der Waals surface area contributed by atoms with Gasteiger partial charge in [-0.3, -0.25) is 4.90 Å². The Balaban J connectivity index is 2.00. The van der Waals surface area contributed by atoms with E-state index in [2.05, 4.69) is 52.5 Å². The first kappa shape index (κ1) is 15.1. The Kier molecular flexibility index (Phi) is 5.61. The lowest BCUT2D eigenvalue weighted by Gasteiger charge is -2.18. The molecule has 0 unspecified atom stereocenters. The molecule has 4 nitrogen and oxygen atoms in total. The zero-order valence-electron chi connectivity index (χ0n) is 12.3. The number of aromatic nitrogens is 2. The summed E-state index contributed by atoms with van der Waals surface area (Å²) >= 11 is 1.77. The topological polar surface area (TPSA) is 42.2 Å². The lowest BCUT2D eigenvalue weighted by atomic mass is 10.2. The third kappa shape index (κ3) is 4.08. The van der Waals surface area contributed by atoms with Gasteiger partial charge < -0.3 is 4.42 Å². The smallest absolute Gasteiger partial charge is 0.230 e. The van der Waals surface area contributed by atoms with Gasteiger partial charge in [0.1, 0.15) is 0 Å². The highest BCUT2D eigenvalue weighted by molar-refractivity contribution is 7.98. The van der Waals surface area contributed by atoms with Gasteiger partial charge in [-0.2, -0.15) is 0 Å². The molecule has 2 aromatic rings. The minimum absolute atomic E-state index is 0.699. The molecular formula is C15H21N3OS. The second-order valence-corrected chi connectivity index (χ2v) is 5.48. The summed E-state index contributed by atoms with van der Waals surface area (Å²) in [6.07, 6.45) is 2.89. The normalized spacial score (nSPS) is 11.2. The van der Waals surface area contributed by atoms with Crippen molar-refractivity contribution in [3.8, 4) is 0 Å². The van der Waals surface area contributed by atoms with Crippen LogP contribution in [0.4, 0.5) is 0 Å². The largest absolute Gasteiger partial charge is 0.424 e. The van der Waals surface area contributed by atoms with Crippen LogP contribution in [0, 0.1) is 0 Å². The average molecular weight is 291 g/mol. The van der Waals surface area contributed by atoms with Gasteiger partial charge >= 0.3 is 0 Å². The summed E-state index contributed by atoms with van der Waals surface area (Å²) in [5.74, 6) is 1.41. The Hall–Kier alpha value is -1.33. The predicted octanol–water partition coefficient (Wildman–Crippen LogP) is 3.38. The summed E-state index contributed by atoms with van der Waals surface area (Å²) < 4.78 is 5.58. The Morgan fingerprint density at radius 1 is 1.15 bits per heavy atom. The lowest BCUT2D eigenvalue weighted by molar-refractivity contribution is 0.240. The van der Waals surface area contributed by atoms with Crippen LogP contribution >= 0.6 is 11.8 Å². The van der Waals surface area contributed by atoms with Crippen molar-refractivity contribution in [3.05, 3.63) is 41.6 Å². The van der Waals surface area contributed by atoms with E-state index in [4.69, 9.17) is 4.42 Å². The van der Waals surface area contributed by atoms with Crippen LogP contribution in [0.2, 0.25) is 0 Å². The summed E-state index contributed by atoms with van der Waals surface area (Å²) in [5, 5.41) is 8.10. The van der Waals surface area contributed by atoms with Crippen molar-refractivity contribution < 1.29 is 4.42 Å². The van der Waals surface area contributed by atoms with Gasteiger partial charge in [0.2, 0.25) is 11.8 Å². The van der Waals surface area contributed by atoms with E-state index < -0.39 is 0 Å². The summed E-state index contributed by atoms with van der Waals surface area (Å²) in [5.41, 5.74) is 1.31. The molecule has 0 amide bonds. The van der Waals surface area contributed by atoms with Crippen molar-refractivity contribution in [2.45, 2.75) is 38.3 Å². The third-order valence-corrected chi connectivity index (χ3v) is 3.88. The molecular weight excluding hydrogens is 270 g/mol. The first-order chi connectivity index (χ1) is 9.75. The van der Waals surface area contributed by atoms with Crippen LogP contribution in [-0.4, -0.2) is 27.9 Å². The molecule has 20 heavy (non-hydrogen) atoms. The van der Waals surface area contributed by atoms with E-state index in [1.807, 2.05) is 6.92 Å². The highest BCUT2D eigenvalue weighted by Gasteiger charge is 2.10. The van der Waals surface area contributed by atoms with Crippen molar-refractivity contribution in [3.63, 3.8) is 0 Å². The first-order valence-corrected chi connectivity index (χ1v) is 8.14. The molecule has 0 aliphatic carbocycles. The zero-order chi connectivity index (χ0) is 14.4. The molecule has 1 heterocycles. The van der Waals surface area contributed by atoms with E-state index in [0.717, 1.165) is 19.5 Å². The quantitative estimate of drug-likeness (QED) is 0.732. The molecule has 0 aliphatic heterocycles. The highest BCUT2D eigenvalue weighted by atomic mass is 32.2. The monoisotopic (exact) mass is 291 g/mol. The average Bonchev–Trinajstić information content (AvgIpc) is 2.94. The van der Waals surface area contributed by atoms with E-state index in [1.165, 1.54) is 10.5 Å². The van der Waals surface area contributed by atoms with Crippen molar-refractivity contribution in [1.82, 2.24) is 15.1 Å². The van der Waals surface area contributed by atoms with Gasteiger partial charge in [0.15, 0.2) is 0 Å². The third-order valence-electron chi connectivity index (χ3n) is 3.16. The van der Waals surface area contributed by atoms with Crippen molar-refractivity contribution in [1.29, 1.82) is 0 Å². The summed E-state index contributed by atoms with van der Waals surface area (Å²) in [6.45, 7) is 6.72. The molecule has 0 bridgehead atoms. The van der Waals surface area contributed by atoms with E-state index >= 15 is 0 Å². The molecule has 0 atom stereocenters. The maximum Gasteiger partial charge on any atom is 0.230 e. The Morgan fingerprint density at radius 3 is 2.60 bits per heavy atom. The van der Waals surface area contributed by atoms with Crippen LogP contribution in [0.1, 0.15) is 31.2 Å². The maximum atomic E-state index is 5.58. The van der Waals surface area contributed by atoms with E-state index in [1.54, 1.807) is 11.8 Å². The van der Waals surface area contributed by atoms with Gasteiger partial charge in [0, 0.05) is 17.9 Å². The minimum atomic E-state index is 0.699. The fraction of sp³-hybridized carbons (Fsp3) is 0.467. The molecule has 5 heteroatoms. The second-order valence-electron chi connectivity index (χ2n) is 4.60. The first-order valence-electron chi connectivity index (χ1n) is 6.91. The number of nitrogens with zero attached hydrogens (tertiary/aromatic N) is 3. The number of aryl methyl sites for hydroxylation is 1. The number of hydrogen-bond acceptors (Lipinski definition) is 5. The summed E-state index contributed by atoms with van der Waals surface area (Å²) in [7, 11) is 0. The molecule has 0 spiro atoms. The van der Waals surface area contributed by atoms with Crippen LogP contribution in [0.15, 0.2) is 33.6 Å². The Labute approximate surface area is 124 Å². The number of hydrogen-bond donors (Lipinski definition) is 0. The predicted molar refractivity (Wildman–Crippen MR) is 81.7 cm³/mol. The van der Waals surface area contributed by atoms with E-state index in [0.29, 0.717) is 18.3 Å². The second kappa shape index (κ2) is 7.45.